The van der Waals surface area contributed by atoms with Crippen molar-refractivity contribution in [2.45, 2.75) is 32.7 Å². The first kappa shape index (κ1) is 9.21. The van der Waals surface area contributed by atoms with Gasteiger partial charge in [-0.1, -0.05) is 0 Å². The Hall–Kier alpha value is 0.210. The van der Waals surface area contributed by atoms with Crippen molar-refractivity contribution in [1.29, 1.82) is 0 Å². The van der Waals surface area contributed by atoms with Crippen LogP contribution < -0.4 is 0 Å². The molecule has 56 valence electrons. The Balaban J connectivity index is 3.58. The molecule has 0 bridgehead atoms. The van der Waals surface area contributed by atoms with Crippen molar-refractivity contribution in [2.75, 3.05) is 5.88 Å². The van der Waals surface area contributed by atoms with Crippen LogP contribution in [0.3, 0.4) is 0 Å². The highest BCUT2D eigenvalue weighted by atomic mass is 35.5. The molecular weight excluding hydrogens is 140 g/mol. The molecule has 0 saturated carbocycles. The quantitative estimate of drug-likeness (QED) is 0.489. The molecule has 0 aliphatic carbocycles. The molecule has 1 unspecified atom stereocenters. The molecule has 0 radical (unpaired) electrons. The van der Waals surface area contributed by atoms with Crippen LogP contribution in [0, 0.1) is 0 Å². The Morgan fingerprint density at radius 3 is 2.22 bits per heavy atom. The minimum Gasteiger partial charge on any atom is -0.365 e. The van der Waals surface area contributed by atoms with Crippen LogP contribution in [0.25, 0.3) is 0 Å². The molecule has 0 amide bonds. The van der Waals surface area contributed by atoms with Gasteiger partial charge in [0.25, 0.3) is 0 Å². The molecule has 9 heavy (non-hydrogen) atoms. The van der Waals surface area contributed by atoms with Crippen LogP contribution in [0.4, 0.5) is 0 Å². The average Bonchev–Trinajstić information content (AvgIpc) is 1.63. The van der Waals surface area contributed by atoms with E-state index >= 15 is 0 Å². The van der Waals surface area contributed by atoms with Gasteiger partial charge in [0.05, 0.1) is 12.0 Å². The molecule has 3 heteroatoms. The highest BCUT2D eigenvalue weighted by Crippen LogP contribution is 2.10. The van der Waals surface area contributed by atoms with Gasteiger partial charge in [-0.05, 0) is 20.8 Å². The topological polar surface area (TPSA) is 29.5 Å². The molecular formula is C6H13ClO2. The summed E-state index contributed by atoms with van der Waals surface area (Å²) in [6, 6.07) is 0. The number of hydrogen-bond acceptors (Lipinski definition) is 2. The van der Waals surface area contributed by atoms with Crippen molar-refractivity contribution in [3.05, 3.63) is 0 Å². The maximum absolute atomic E-state index is 9.14. The zero-order valence-electron chi connectivity index (χ0n) is 6.02. The summed E-state index contributed by atoms with van der Waals surface area (Å²) in [5.74, 6) is -1.07. The smallest absolute Gasteiger partial charge is 0.176 e. The van der Waals surface area contributed by atoms with Gasteiger partial charge in [-0.3, -0.25) is 0 Å². The molecule has 0 aliphatic rings. The second-order valence-electron chi connectivity index (χ2n) is 2.48. The van der Waals surface area contributed by atoms with Crippen molar-refractivity contribution in [1.82, 2.24) is 0 Å². The summed E-state index contributed by atoms with van der Waals surface area (Å²) in [6.45, 7) is 5.24. The van der Waals surface area contributed by atoms with Gasteiger partial charge in [-0.15, -0.1) is 11.6 Å². The number of hydrogen-bond donors (Lipinski definition) is 1. The third-order valence-electron chi connectivity index (χ3n) is 0.738. The van der Waals surface area contributed by atoms with E-state index in [1.165, 1.54) is 0 Å². The minimum atomic E-state index is -1.17. The lowest BCUT2D eigenvalue weighted by Crippen LogP contribution is -2.33. The fourth-order valence-corrected chi connectivity index (χ4v) is 0.602. The Labute approximate surface area is 60.8 Å². The van der Waals surface area contributed by atoms with Gasteiger partial charge in [0.2, 0.25) is 0 Å². The highest BCUT2D eigenvalue weighted by molar-refractivity contribution is 6.18. The summed E-state index contributed by atoms with van der Waals surface area (Å²) < 4.78 is 5.01. The molecule has 0 aliphatic heterocycles. The fourth-order valence-electron chi connectivity index (χ4n) is 0.539. The molecule has 0 aromatic heterocycles. The molecule has 0 fully saturated rings. The number of rotatable bonds is 3. The molecule has 0 aromatic carbocycles. The summed E-state index contributed by atoms with van der Waals surface area (Å²) in [5, 5.41) is 9.14. The molecule has 2 nitrogen and oxygen atoms in total. The third kappa shape index (κ3) is 4.70. The zero-order valence-corrected chi connectivity index (χ0v) is 6.77. The molecule has 1 atom stereocenters. The van der Waals surface area contributed by atoms with E-state index in [1.54, 1.807) is 6.92 Å². The highest BCUT2D eigenvalue weighted by Gasteiger charge is 2.20. The Bertz CT molecular complexity index is 81.1. The van der Waals surface area contributed by atoms with Crippen LogP contribution in [0.2, 0.25) is 0 Å². The Morgan fingerprint density at radius 1 is 1.67 bits per heavy atom. The number of alkyl halides is 1. The van der Waals surface area contributed by atoms with Crippen LogP contribution in [0.15, 0.2) is 0 Å². The zero-order chi connectivity index (χ0) is 7.49. The lowest BCUT2D eigenvalue weighted by atomic mass is 10.3. The molecule has 0 heterocycles. The Morgan fingerprint density at radius 2 is 2.11 bits per heavy atom. The normalized spacial score (nSPS) is 18.0. The van der Waals surface area contributed by atoms with E-state index in [0.29, 0.717) is 0 Å². The summed E-state index contributed by atoms with van der Waals surface area (Å²) in [7, 11) is 0. The predicted molar refractivity (Wildman–Crippen MR) is 37.6 cm³/mol. The van der Waals surface area contributed by atoms with Crippen molar-refractivity contribution in [3.8, 4) is 0 Å². The van der Waals surface area contributed by atoms with E-state index in [1.807, 2.05) is 13.8 Å². The molecule has 0 saturated heterocycles. The van der Waals surface area contributed by atoms with E-state index < -0.39 is 5.79 Å². The predicted octanol–water partition coefficient (Wildman–Crippen LogP) is 1.36. The van der Waals surface area contributed by atoms with Gasteiger partial charge in [-0.2, -0.15) is 0 Å². The van der Waals surface area contributed by atoms with Crippen molar-refractivity contribution < 1.29 is 9.84 Å². The molecule has 0 aromatic rings. The monoisotopic (exact) mass is 152 g/mol. The van der Waals surface area contributed by atoms with Crippen molar-refractivity contribution in [3.63, 3.8) is 0 Å². The van der Waals surface area contributed by atoms with Gasteiger partial charge >= 0.3 is 0 Å². The lowest BCUT2D eigenvalue weighted by Gasteiger charge is -2.23. The van der Waals surface area contributed by atoms with Crippen LogP contribution in [0.1, 0.15) is 20.8 Å². The van der Waals surface area contributed by atoms with Crippen LogP contribution in [-0.2, 0) is 4.74 Å². The van der Waals surface area contributed by atoms with Crippen molar-refractivity contribution >= 4 is 11.6 Å². The van der Waals surface area contributed by atoms with Crippen LogP contribution in [-0.4, -0.2) is 22.9 Å². The van der Waals surface area contributed by atoms with Gasteiger partial charge in [0, 0.05) is 0 Å². The summed E-state index contributed by atoms with van der Waals surface area (Å²) >= 11 is 5.36. The number of aliphatic hydroxyl groups is 1. The fraction of sp³-hybridized carbons (Fsp3) is 1.00. The first-order valence-corrected chi connectivity index (χ1v) is 3.47. The number of ether oxygens (including phenoxy) is 1. The first-order chi connectivity index (χ1) is 3.98. The van der Waals surface area contributed by atoms with Gasteiger partial charge in [0.15, 0.2) is 5.79 Å². The summed E-state index contributed by atoms with van der Waals surface area (Å²) in [5.41, 5.74) is 0. The summed E-state index contributed by atoms with van der Waals surface area (Å²) in [4.78, 5) is 0. The average molecular weight is 153 g/mol. The van der Waals surface area contributed by atoms with E-state index in [9.17, 15) is 0 Å². The SMILES string of the molecule is CC(C)OC(C)(O)CCl. The van der Waals surface area contributed by atoms with E-state index in [4.69, 9.17) is 21.4 Å². The second kappa shape index (κ2) is 3.40. The van der Waals surface area contributed by atoms with Crippen molar-refractivity contribution in [2.24, 2.45) is 0 Å². The minimum absolute atomic E-state index is 0.0127. The third-order valence-corrected chi connectivity index (χ3v) is 1.23. The first-order valence-electron chi connectivity index (χ1n) is 2.94. The maximum Gasteiger partial charge on any atom is 0.176 e. The van der Waals surface area contributed by atoms with E-state index in [-0.39, 0.29) is 12.0 Å². The van der Waals surface area contributed by atoms with Gasteiger partial charge in [-0.25, -0.2) is 0 Å². The largest absolute Gasteiger partial charge is 0.365 e. The summed E-state index contributed by atoms with van der Waals surface area (Å²) in [6.07, 6.45) is 0.0127. The van der Waals surface area contributed by atoms with Crippen LogP contribution in [0.5, 0.6) is 0 Å². The number of halogens is 1. The maximum atomic E-state index is 9.14. The van der Waals surface area contributed by atoms with E-state index in [2.05, 4.69) is 0 Å². The molecule has 0 spiro atoms. The molecule has 0 rings (SSSR count). The Kier molecular flexibility index (Phi) is 3.48. The van der Waals surface area contributed by atoms with E-state index in [0.717, 1.165) is 0 Å². The lowest BCUT2D eigenvalue weighted by molar-refractivity contribution is -0.194. The standard InChI is InChI=1S/C6H13ClO2/c1-5(2)9-6(3,8)4-7/h5,8H,4H2,1-3H3. The molecule has 1 N–H and O–H groups in total. The second-order valence-corrected chi connectivity index (χ2v) is 2.74. The van der Waals surface area contributed by atoms with Gasteiger partial charge in [0.1, 0.15) is 0 Å². The van der Waals surface area contributed by atoms with Gasteiger partial charge < -0.3 is 9.84 Å². The van der Waals surface area contributed by atoms with Crippen LogP contribution >= 0.6 is 11.6 Å².